The molecule has 3 heteroatoms. The van der Waals surface area contributed by atoms with Crippen LogP contribution in [0, 0.1) is 0 Å². The number of aliphatic hydroxyl groups excluding tert-OH is 1. The van der Waals surface area contributed by atoms with Crippen LogP contribution in [0.3, 0.4) is 0 Å². The SMILES string of the molecule is CC/C=C\CCOCOCCCCCCO. The minimum Gasteiger partial charge on any atom is -0.396 e. The van der Waals surface area contributed by atoms with Gasteiger partial charge in [0.1, 0.15) is 6.79 Å². The summed E-state index contributed by atoms with van der Waals surface area (Å²) in [5, 5.41) is 8.57. The van der Waals surface area contributed by atoms with Crippen LogP contribution in [0.25, 0.3) is 0 Å². The van der Waals surface area contributed by atoms with E-state index in [1.54, 1.807) is 0 Å². The Kier molecular flexibility index (Phi) is 14.3. The lowest BCUT2D eigenvalue weighted by atomic mass is 10.2. The maximum absolute atomic E-state index is 8.57. The van der Waals surface area contributed by atoms with Gasteiger partial charge in [0.2, 0.25) is 0 Å². The average molecular weight is 230 g/mol. The van der Waals surface area contributed by atoms with E-state index in [0.29, 0.717) is 13.4 Å². The molecule has 3 nitrogen and oxygen atoms in total. The lowest BCUT2D eigenvalue weighted by Crippen LogP contribution is -2.02. The Morgan fingerprint density at radius 2 is 1.69 bits per heavy atom. The maximum atomic E-state index is 8.57. The van der Waals surface area contributed by atoms with E-state index in [1.807, 2.05) is 0 Å². The monoisotopic (exact) mass is 230 g/mol. The quantitative estimate of drug-likeness (QED) is 0.318. The number of aliphatic hydroxyl groups is 1. The highest BCUT2D eigenvalue weighted by Crippen LogP contribution is 1.99. The van der Waals surface area contributed by atoms with Crippen LogP contribution in [0.15, 0.2) is 12.2 Å². The minimum absolute atomic E-state index is 0.301. The highest BCUT2D eigenvalue weighted by atomic mass is 16.7. The van der Waals surface area contributed by atoms with Crippen molar-refractivity contribution < 1.29 is 14.6 Å². The van der Waals surface area contributed by atoms with Crippen molar-refractivity contribution in [3.8, 4) is 0 Å². The normalized spacial score (nSPS) is 11.4. The second-order valence-corrected chi connectivity index (χ2v) is 3.74. The van der Waals surface area contributed by atoms with E-state index in [1.165, 1.54) is 0 Å². The first-order chi connectivity index (χ1) is 7.91. The molecule has 0 bridgehead atoms. The predicted octanol–water partition coefficient (Wildman–Crippen LogP) is 2.89. The predicted molar refractivity (Wildman–Crippen MR) is 66.4 cm³/mol. The van der Waals surface area contributed by atoms with Crippen molar-refractivity contribution in [2.45, 2.75) is 45.4 Å². The fourth-order valence-electron chi connectivity index (χ4n) is 1.28. The number of allylic oxidation sites excluding steroid dienone is 1. The number of rotatable bonds is 12. The lowest BCUT2D eigenvalue weighted by Gasteiger charge is -2.04. The zero-order chi connectivity index (χ0) is 11.9. The maximum Gasteiger partial charge on any atom is 0.146 e. The van der Waals surface area contributed by atoms with Crippen LogP contribution >= 0.6 is 0 Å². The topological polar surface area (TPSA) is 38.7 Å². The van der Waals surface area contributed by atoms with Crippen LogP contribution < -0.4 is 0 Å². The number of hydrogen-bond donors (Lipinski definition) is 1. The zero-order valence-corrected chi connectivity index (χ0v) is 10.5. The lowest BCUT2D eigenvalue weighted by molar-refractivity contribution is -0.0532. The molecular formula is C13H26O3. The highest BCUT2D eigenvalue weighted by molar-refractivity contribution is 4.79. The van der Waals surface area contributed by atoms with Gasteiger partial charge in [-0.25, -0.2) is 0 Å². The molecular weight excluding hydrogens is 204 g/mol. The molecule has 0 heterocycles. The number of hydrogen-bond acceptors (Lipinski definition) is 3. The first-order valence-corrected chi connectivity index (χ1v) is 6.33. The smallest absolute Gasteiger partial charge is 0.146 e. The van der Waals surface area contributed by atoms with Gasteiger partial charge in [0.25, 0.3) is 0 Å². The molecule has 16 heavy (non-hydrogen) atoms. The first-order valence-electron chi connectivity index (χ1n) is 6.33. The van der Waals surface area contributed by atoms with Gasteiger partial charge in [0, 0.05) is 13.2 Å². The number of ether oxygens (including phenoxy) is 2. The largest absolute Gasteiger partial charge is 0.396 e. The van der Waals surface area contributed by atoms with Gasteiger partial charge in [-0.1, -0.05) is 31.9 Å². The van der Waals surface area contributed by atoms with E-state index in [4.69, 9.17) is 14.6 Å². The van der Waals surface area contributed by atoms with Gasteiger partial charge in [0.05, 0.1) is 6.61 Å². The van der Waals surface area contributed by atoms with Crippen LogP contribution in [0.4, 0.5) is 0 Å². The van der Waals surface area contributed by atoms with Crippen molar-refractivity contribution in [2.24, 2.45) is 0 Å². The second-order valence-electron chi connectivity index (χ2n) is 3.74. The molecule has 0 aliphatic carbocycles. The summed E-state index contributed by atoms with van der Waals surface area (Å²) in [6.45, 7) is 4.32. The Hall–Kier alpha value is -0.380. The van der Waals surface area contributed by atoms with Gasteiger partial charge >= 0.3 is 0 Å². The standard InChI is InChI=1S/C13H26O3/c1-2-3-4-8-11-15-13-16-12-9-6-5-7-10-14/h3-4,14H,2,5-13H2,1H3/b4-3-. The molecule has 0 radical (unpaired) electrons. The summed E-state index contributed by atoms with van der Waals surface area (Å²) in [5.41, 5.74) is 0. The molecule has 0 aromatic heterocycles. The van der Waals surface area contributed by atoms with E-state index in [0.717, 1.165) is 51.7 Å². The van der Waals surface area contributed by atoms with Gasteiger partial charge in [-0.3, -0.25) is 0 Å². The summed E-state index contributed by atoms with van der Waals surface area (Å²) in [5.74, 6) is 0. The van der Waals surface area contributed by atoms with Crippen molar-refractivity contribution in [3.05, 3.63) is 12.2 Å². The fraction of sp³-hybridized carbons (Fsp3) is 0.846. The molecule has 0 unspecified atom stereocenters. The second kappa shape index (κ2) is 14.6. The molecule has 0 spiro atoms. The van der Waals surface area contributed by atoms with Crippen molar-refractivity contribution in [1.29, 1.82) is 0 Å². The Labute approximate surface area is 99.5 Å². The van der Waals surface area contributed by atoms with E-state index in [9.17, 15) is 0 Å². The Balaban J connectivity index is 2.90. The molecule has 1 N–H and O–H groups in total. The molecule has 0 saturated carbocycles. The summed E-state index contributed by atoms with van der Waals surface area (Å²) >= 11 is 0. The van der Waals surface area contributed by atoms with E-state index in [-0.39, 0.29) is 0 Å². The van der Waals surface area contributed by atoms with Crippen molar-refractivity contribution in [3.63, 3.8) is 0 Å². The molecule has 0 saturated heterocycles. The Morgan fingerprint density at radius 3 is 2.44 bits per heavy atom. The van der Waals surface area contributed by atoms with Crippen LogP contribution in [0.1, 0.15) is 45.4 Å². The molecule has 0 atom stereocenters. The van der Waals surface area contributed by atoms with E-state index < -0.39 is 0 Å². The van der Waals surface area contributed by atoms with Crippen LogP contribution in [-0.4, -0.2) is 31.7 Å². The summed E-state index contributed by atoms with van der Waals surface area (Å²) in [7, 11) is 0. The third kappa shape index (κ3) is 13.6. The van der Waals surface area contributed by atoms with Crippen LogP contribution in [0.5, 0.6) is 0 Å². The Morgan fingerprint density at radius 1 is 0.938 bits per heavy atom. The van der Waals surface area contributed by atoms with Gasteiger partial charge < -0.3 is 14.6 Å². The van der Waals surface area contributed by atoms with Gasteiger partial charge in [-0.15, -0.1) is 0 Å². The molecule has 96 valence electrons. The molecule has 0 aliphatic heterocycles. The fourth-order valence-corrected chi connectivity index (χ4v) is 1.28. The minimum atomic E-state index is 0.301. The molecule has 0 fully saturated rings. The summed E-state index contributed by atoms with van der Waals surface area (Å²) in [6.07, 6.45) is 10.5. The van der Waals surface area contributed by atoms with Crippen molar-refractivity contribution >= 4 is 0 Å². The molecule has 0 rings (SSSR count). The van der Waals surface area contributed by atoms with Crippen molar-refractivity contribution in [2.75, 3.05) is 26.6 Å². The highest BCUT2D eigenvalue weighted by Gasteiger charge is 1.90. The Bertz CT molecular complexity index is 146. The zero-order valence-electron chi connectivity index (χ0n) is 10.5. The third-order valence-corrected chi connectivity index (χ3v) is 2.19. The summed E-state index contributed by atoms with van der Waals surface area (Å²) in [4.78, 5) is 0. The molecule has 0 aliphatic rings. The van der Waals surface area contributed by atoms with Crippen LogP contribution in [0.2, 0.25) is 0 Å². The average Bonchev–Trinajstić information content (AvgIpc) is 2.31. The first kappa shape index (κ1) is 15.6. The van der Waals surface area contributed by atoms with Crippen LogP contribution in [-0.2, 0) is 9.47 Å². The summed E-state index contributed by atoms with van der Waals surface area (Å²) < 4.78 is 10.6. The molecule has 0 aromatic carbocycles. The van der Waals surface area contributed by atoms with E-state index >= 15 is 0 Å². The van der Waals surface area contributed by atoms with Gasteiger partial charge in [-0.2, -0.15) is 0 Å². The molecule has 0 amide bonds. The van der Waals surface area contributed by atoms with Gasteiger partial charge in [-0.05, 0) is 25.7 Å². The van der Waals surface area contributed by atoms with Crippen molar-refractivity contribution in [1.82, 2.24) is 0 Å². The summed E-state index contributed by atoms with van der Waals surface area (Å²) in [6, 6.07) is 0. The van der Waals surface area contributed by atoms with E-state index in [2.05, 4.69) is 19.1 Å². The number of unbranched alkanes of at least 4 members (excludes halogenated alkanes) is 3. The third-order valence-electron chi connectivity index (χ3n) is 2.19. The van der Waals surface area contributed by atoms with Gasteiger partial charge in [0.15, 0.2) is 0 Å². The molecule has 0 aromatic rings.